The van der Waals surface area contributed by atoms with E-state index in [0.717, 1.165) is 6.07 Å². The van der Waals surface area contributed by atoms with Crippen LogP contribution >= 0.6 is 23.2 Å². The van der Waals surface area contributed by atoms with Crippen LogP contribution < -0.4 is 9.46 Å². The molecule has 0 aromatic heterocycles. The van der Waals surface area contributed by atoms with Crippen molar-refractivity contribution < 1.29 is 26.3 Å². The van der Waals surface area contributed by atoms with E-state index < -0.39 is 27.8 Å². The molecule has 0 aliphatic heterocycles. The fraction of sp³-hybridized carbons (Fsp3) is 0.217. The van der Waals surface area contributed by atoms with Gasteiger partial charge < -0.3 is 9.64 Å². The van der Waals surface area contributed by atoms with E-state index in [9.17, 15) is 21.6 Å². The molecule has 0 amide bonds. The summed E-state index contributed by atoms with van der Waals surface area (Å²) in [7, 11) is -0.395. The number of benzene rings is 3. The van der Waals surface area contributed by atoms with Crippen LogP contribution in [0.2, 0.25) is 10.0 Å². The minimum atomic E-state index is -4.59. The lowest BCUT2D eigenvalue weighted by Gasteiger charge is -2.23. The van der Waals surface area contributed by atoms with E-state index in [4.69, 9.17) is 27.9 Å². The Labute approximate surface area is 206 Å². The van der Waals surface area contributed by atoms with Crippen LogP contribution in [0.25, 0.3) is 0 Å². The number of nitrogens with zero attached hydrogens (tertiary/aromatic N) is 1. The first-order chi connectivity index (χ1) is 15.9. The van der Waals surface area contributed by atoms with Gasteiger partial charge in [-0.3, -0.25) is 0 Å². The van der Waals surface area contributed by atoms with E-state index in [1.54, 1.807) is 32.3 Å². The molecule has 11 heteroatoms. The van der Waals surface area contributed by atoms with Gasteiger partial charge in [0.05, 0.1) is 26.5 Å². The molecule has 0 bridgehead atoms. The molecule has 0 heterocycles. The zero-order chi connectivity index (χ0) is 25.1. The van der Waals surface area contributed by atoms with E-state index in [2.05, 4.69) is 4.72 Å². The van der Waals surface area contributed by atoms with Crippen molar-refractivity contribution in [1.29, 1.82) is 0 Å². The first-order valence-electron chi connectivity index (χ1n) is 9.93. The number of alkyl halides is 3. The third kappa shape index (κ3) is 6.64. The molecule has 0 unspecified atom stereocenters. The number of ether oxygens (including phenoxy) is 1. The first kappa shape index (κ1) is 26.3. The highest BCUT2D eigenvalue weighted by Gasteiger charge is 2.34. The van der Waals surface area contributed by atoms with Crippen molar-refractivity contribution in [3.05, 3.63) is 87.9 Å². The number of hydrogen-bond donors (Lipinski definition) is 1. The maximum atomic E-state index is 13.2. The van der Waals surface area contributed by atoms with Crippen molar-refractivity contribution >= 4 is 33.2 Å². The molecular formula is C23H21Cl2F3N2O3S. The standard InChI is InChI=1S/C23H21Cl2F3N2O3S/c1-30(2)14-21(15-7-12-19(24)20(25)13-15)29-34(31,32)17-10-8-16(9-11-17)33-22-6-4-3-5-18(22)23(26,27)28/h3-13,21,29H,14H2,1-2H3/t21-/m1/s1. The molecule has 0 saturated heterocycles. The van der Waals surface area contributed by atoms with Gasteiger partial charge in [0.2, 0.25) is 10.0 Å². The van der Waals surface area contributed by atoms with E-state index in [1.165, 1.54) is 42.5 Å². The van der Waals surface area contributed by atoms with Crippen LogP contribution in [0.15, 0.2) is 71.6 Å². The van der Waals surface area contributed by atoms with Gasteiger partial charge in [-0.1, -0.05) is 41.4 Å². The smallest absolute Gasteiger partial charge is 0.419 e. The van der Waals surface area contributed by atoms with Crippen LogP contribution in [0, 0.1) is 0 Å². The van der Waals surface area contributed by atoms with Crippen LogP contribution in [0.3, 0.4) is 0 Å². The fourth-order valence-electron chi connectivity index (χ4n) is 3.16. The zero-order valence-corrected chi connectivity index (χ0v) is 20.4. The van der Waals surface area contributed by atoms with Crippen molar-refractivity contribution in [2.75, 3.05) is 20.6 Å². The molecule has 0 fully saturated rings. The van der Waals surface area contributed by atoms with Crippen LogP contribution in [-0.2, 0) is 16.2 Å². The Morgan fingerprint density at radius 2 is 1.62 bits per heavy atom. The minimum Gasteiger partial charge on any atom is -0.457 e. The predicted molar refractivity (Wildman–Crippen MR) is 126 cm³/mol. The Kier molecular flexibility index (Phi) is 8.15. The number of halogens is 5. The lowest BCUT2D eigenvalue weighted by atomic mass is 10.1. The Bertz CT molecular complexity index is 1250. The molecule has 1 N–H and O–H groups in total. The molecular weight excluding hydrogens is 512 g/mol. The van der Waals surface area contributed by atoms with Crippen LogP contribution in [0.5, 0.6) is 11.5 Å². The average molecular weight is 533 g/mol. The van der Waals surface area contributed by atoms with Gasteiger partial charge in [-0.25, -0.2) is 13.1 Å². The van der Waals surface area contributed by atoms with Gasteiger partial charge in [0.25, 0.3) is 0 Å². The van der Waals surface area contributed by atoms with E-state index in [1.807, 2.05) is 4.90 Å². The zero-order valence-electron chi connectivity index (χ0n) is 18.1. The number of para-hydroxylation sites is 1. The second-order valence-corrected chi connectivity index (χ2v) is 10.2. The summed E-state index contributed by atoms with van der Waals surface area (Å²) in [5.41, 5.74) is -0.308. The molecule has 0 spiro atoms. The Morgan fingerprint density at radius 3 is 2.21 bits per heavy atom. The van der Waals surface area contributed by atoms with E-state index >= 15 is 0 Å². The quantitative estimate of drug-likeness (QED) is 0.365. The maximum absolute atomic E-state index is 13.2. The average Bonchev–Trinajstić information content (AvgIpc) is 2.75. The molecule has 182 valence electrons. The van der Waals surface area contributed by atoms with Crippen LogP contribution in [0.4, 0.5) is 13.2 Å². The van der Waals surface area contributed by atoms with Crippen LogP contribution in [0.1, 0.15) is 17.2 Å². The van der Waals surface area contributed by atoms with Gasteiger partial charge in [-0.15, -0.1) is 0 Å². The van der Waals surface area contributed by atoms with Crippen molar-refractivity contribution in [2.45, 2.75) is 17.1 Å². The van der Waals surface area contributed by atoms with Gasteiger partial charge >= 0.3 is 6.18 Å². The topological polar surface area (TPSA) is 58.6 Å². The Hall–Kier alpha value is -2.30. The lowest BCUT2D eigenvalue weighted by Crippen LogP contribution is -2.35. The SMILES string of the molecule is CN(C)C[C@@H](NS(=O)(=O)c1ccc(Oc2ccccc2C(F)(F)F)cc1)c1ccc(Cl)c(Cl)c1. The van der Waals surface area contributed by atoms with Crippen molar-refractivity contribution in [1.82, 2.24) is 9.62 Å². The summed E-state index contributed by atoms with van der Waals surface area (Å²) in [5, 5.41) is 0.641. The fourth-order valence-corrected chi connectivity index (χ4v) is 4.69. The lowest BCUT2D eigenvalue weighted by molar-refractivity contribution is -0.138. The molecule has 3 rings (SSSR count). The molecule has 3 aromatic rings. The predicted octanol–water partition coefficient (Wildman–Crippen LogP) is 6.39. The summed E-state index contributed by atoms with van der Waals surface area (Å²) in [4.78, 5) is 1.73. The third-order valence-corrected chi connectivity index (χ3v) is 6.97. The van der Waals surface area contributed by atoms with Gasteiger partial charge in [-0.2, -0.15) is 13.2 Å². The molecule has 34 heavy (non-hydrogen) atoms. The second-order valence-electron chi connectivity index (χ2n) is 7.68. The van der Waals surface area contributed by atoms with Crippen molar-refractivity contribution in [3.8, 4) is 11.5 Å². The molecule has 3 aromatic carbocycles. The molecule has 0 radical (unpaired) electrons. The summed E-state index contributed by atoms with van der Waals surface area (Å²) < 4.78 is 73.6. The van der Waals surface area contributed by atoms with Crippen LogP contribution in [-0.4, -0.2) is 34.0 Å². The summed E-state index contributed by atoms with van der Waals surface area (Å²) >= 11 is 12.1. The Balaban J connectivity index is 1.83. The monoisotopic (exact) mass is 532 g/mol. The summed E-state index contributed by atoms with van der Waals surface area (Å²) in [6.07, 6.45) is -4.59. The second kappa shape index (κ2) is 10.5. The highest BCUT2D eigenvalue weighted by atomic mass is 35.5. The van der Waals surface area contributed by atoms with E-state index in [0.29, 0.717) is 22.2 Å². The molecule has 0 aliphatic rings. The number of hydrogen-bond acceptors (Lipinski definition) is 4. The van der Waals surface area contributed by atoms with Crippen molar-refractivity contribution in [3.63, 3.8) is 0 Å². The summed E-state index contributed by atoms with van der Waals surface area (Å²) in [6.45, 7) is 0.340. The van der Waals surface area contributed by atoms with Crippen molar-refractivity contribution in [2.24, 2.45) is 0 Å². The number of nitrogens with one attached hydrogen (secondary N) is 1. The highest BCUT2D eigenvalue weighted by molar-refractivity contribution is 7.89. The minimum absolute atomic E-state index is 0.0602. The third-order valence-electron chi connectivity index (χ3n) is 4.75. The summed E-state index contributed by atoms with van der Waals surface area (Å²) in [6, 6.07) is 14.1. The molecule has 5 nitrogen and oxygen atoms in total. The number of sulfonamides is 1. The Morgan fingerprint density at radius 1 is 0.971 bits per heavy atom. The number of rotatable bonds is 8. The maximum Gasteiger partial charge on any atom is 0.419 e. The normalized spacial score (nSPS) is 13.2. The largest absolute Gasteiger partial charge is 0.457 e. The van der Waals surface area contributed by atoms with Gasteiger partial charge in [0, 0.05) is 6.54 Å². The summed E-state index contributed by atoms with van der Waals surface area (Å²) in [5.74, 6) is -0.320. The molecule has 0 saturated carbocycles. The number of likely N-dealkylation sites (N-methyl/N-ethyl adjacent to an activating group) is 1. The van der Waals surface area contributed by atoms with Gasteiger partial charge in [0.15, 0.2) is 0 Å². The first-order valence-corrected chi connectivity index (χ1v) is 12.2. The van der Waals surface area contributed by atoms with Gasteiger partial charge in [0.1, 0.15) is 11.5 Å². The van der Waals surface area contributed by atoms with E-state index in [-0.39, 0.29) is 16.4 Å². The highest BCUT2D eigenvalue weighted by Crippen LogP contribution is 2.38. The molecule has 1 atom stereocenters. The van der Waals surface area contributed by atoms with Gasteiger partial charge in [-0.05, 0) is 68.2 Å². The molecule has 0 aliphatic carbocycles.